The summed E-state index contributed by atoms with van der Waals surface area (Å²) in [6.07, 6.45) is 4.95. The van der Waals surface area contributed by atoms with Gasteiger partial charge < -0.3 is 21.5 Å². The Morgan fingerprint density at radius 2 is 1.84 bits per heavy atom. The number of nitrogens with one attached hydrogen (secondary N) is 2. The van der Waals surface area contributed by atoms with Gasteiger partial charge in [0.2, 0.25) is 5.91 Å². The van der Waals surface area contributed by atoms with E-state index in [1.807, 2.05) is 18.2 Å². The van der Waals surface area contributed by atoms with Gasteiger partial charge in [-0.1, -0.05) is 24.3 Å². The first-order valence-corrected chi connectivity index (χ1v) is 10.7. The molecule has 2 aromatic carbocycles. The molecule has 2 aromatic rings. The van der Waals surface area contributed by atoms with Gasteiger partial charge in [0, 0.05) is 24.2 Å². The third-order valence-corrected chi connectivity index (χ3v) is 5.56. The van der Waals surface area contributed by atoms with Crippen molar-refractivity contribution in [3.8, 4) is 0 Å². The van der Waals surface area contributed by atoms with Crippen LogP contribution in [0, 0.1) is 0 Å². The zero-order chi connectivity index (χ0) is 22.2. The number of aliphatic carboxylic acids is 1. The van der Waals surface area contributed by atoms with Crippen LogP contribution in [0.25, 0.3) is 0 Å². The molecule has 1 aliphatic rings. The van der Waals surface area contributed by atoms with Crippen molar-refractivity contribution in [2.24, 2.45) is 5.73 Å². The summed E-state index contributed by atoms with van der Waals surface area (Å²) in [6.45, 7) is 0.536. The number of rotatable bonds is 10. The quantitative estimate of drug-likeness (QED) is 0.438. The number of unbranched alkanes of at least 4 members (excludes halogenated alkanes) is 1. The highest BCUT2D eigenvalue weighted by Gasteiger charge is 2.23. The lowest BCUT2D eigenvalue weighted by atomic mass is 9.95. The van der Waals surface area contributed by atoms with Crippen molar-refractivity contribution in [1.82, 2.24) is 5.32 Å². The fraction of sp³-hybridized carbons (Fsp3) is 0.375. The number of fused-ring (bicyclic) bond motifs is 1. The maximum absolute atomic E-state index is 12.6. The molecular formula is C24H29N3O4. The molecule has 0 fully saturated rings. The second-order valence-electron chi connectivity index (χ2n) is 7.86. The van der Waals surface area contributed by atoms with Crippen LogP contribution < -0.4 is 16.4 Å². The Kier molecular flexibility index (Phi) is 7.78. The average Bonchev–Trinajstić information content (AvgIpc) is 3.22. The average molecular weight is 424 g/mol. The first-order chi connectivity index (χ1) is 15.0. The Labute approximate surface area is 182 Å². The number of amides is 2. The van der Waals surface area contributed by atoms with Crippen molar-refractivity contribution in [3.63, 3.8) is 0 Å². The van der Waals surface area contributed by atoms with Gasteiger partial charge in [-0.25, -0.2) is 0 Å². The fourth-order valence-electron chi connectivity index (χ4n) is 3.84. The van der Waals surface area contributed by atoms with Crippen LogP contribution in [0.2, 0.25) is 0 Å². The highest BCUT2D eigenvalue weighted by Crippen LogP contribution is 2.26. The number of carbonyl (C=O) groups is 3. The Bertz CT molecular complexity index is 958. The monoisotopic (exact) mass is 423 g/mol. The molecule has 0 aliphatic heterocycles. The van der Waals surface area contributed by atoms with Crippen molar-refractivity contribution < 1.29 is 19.5 Å². The summed E-state index contributed by atoms with van der Waals surface area (Å²) in [7, 11) is 0. The van der Waals surface area contributed by atoms with Crippen LogP contribution >= 0.6 is 0 Å². The third kappa shape index (κ3) is 6.15. The maximum Gasteiger partial charge on any atom is 0.312 e. The van der Waals surface area contributed by atoms with Gasteiger partial charge in [0.25, 0.3) is 5.91 Å². The van der Waals surface area contributed by atoms with Crippen molar-refractivity contribution in [3.05, 3.63) is 64.7 Å². The Balaban J connectivity index is 1.61. The van der Waals surface area contributed by atoms with E-state index >= 15 is 0 Å². The zero-order valence-electron chi connectivity index (χ0n) is 17.5. The lowest BCUT2D eigenvalue weighted by molar-refractivity contribution is -0.138. The van der Waals surface area contributed by atoms with E-state index in [1.54, 1.807) is 24.3 Å². The van der Waals surface area contributed by atoms with Crippen LogP contribution in [0.3, 0.4) is 0 Å². The van der Waals surface area contributed by atoms with Crippen LogP contribution in [0.1, 0.15) is 58.6 Å². The minimum atomic E-state index is -0.975. The fourth-order valence-corrected chi connectivity index (χ4v) is 3.84. The lowest BCUT2D eigenvalue weighted by Gasteiger charge is -2.15. The topological polar surface area (TPSA) is 122 Å². The summed E-state index contributed by atoms with van der Waals surface area (Å²) in [5.74, 6) is -2.31. The van der Waals surface area contributed by atoms with E-state index in [1.165, 1.54) is 11.1 Å². The maximum atomic E-state index is 12.6. The number of carbonyl (C=O) groups excluding carboxylic acids is 2. The van der Waals surface area contributed by atoms with E-state index in [0.717, 1.165) is 25.7 Å². The molecule has 0 spiro atoms. The number of carboxylic acid groups (broad SMARTS) is 1. The summed E-state index contributed by atoms with van der Waals surface area (Å²) in [5.41, 5.74) is 9.50. The van der Waals surface area contributed by atoms with Crippen LogP contribution in [0.15, 0.2) is 42.5 Å². The minimum absolute atomic E-state index is 0.0113. The Morgan fingerprint density at radius 3 is 2.61 bits per heavy atom. The number of hydrogen-bond acceptors (Lipinski definition) is 4. The molecule has 31 heavy (non-hydrogen) atoms. The molecule has 7 heteroatoms. The molecule has 0 saturated heterocycles. The van der Waals surface area contributed by atoms with Gasteiger partial charge in [-0.05, 0) is 73.5 Å². The molecule has 2 amide bonds. The summed E-state index contributed by atoms with van der Waals surface area (Å²) >= 11 is 0. The smallest absolute Gasteiger partial charge is 0.312 e. The van der Waals surface area contributed by atoms with Crippen molar-refractivity contribution in [1.29, 1.82) is 0 Å². The number of aryl methyl sites for hydroxylation is 2. The Hall–Kier alpha value is -3.19. The molecule has 1 atom stereocenters. The van der Waals surface area contributed by atoms with Crippen molar-refractivity contribution in [2.45, 2.75) is 44.4 Å². The van der Waals surface area contributed by atoms with Crippen LogP contribution in [-0.4, -0.2) is 36.0 Å². The van der Waals surface area contributed by atoms with Crippen LogP contribution in [-0.2, 0) is 22.4 Å². The van der Waals surface area contributed by atoms with E-state index in [4.69, 9.17) is 5.73 Å². The molecule has 0 saturated carbocycles. The van der Waals surface area contributed by atoms with Crippen molar-refractivity contribution in [2.75, 3.05) is 18.4 Å². The number of benzene rings is 2. The Morgan fingerprint density at radius 1 is 1.03 bits per heavy atom. The molecular weight excluding hydrogens is 394 g/mol. The SMILES string of the molecule is NCCCCC(=O)Nc1cccc(C(=O)NCC(C(=O)O)c2ccc3c(c2)CCC3)c1. The van der Waals surface area contributed by atoms with Crippen LogP contribution in [0.4, 0.5) is 5.69 Å². The number of hydrogen-bond donors (Lipinski definition) is 4. The zero-order valence-corrected chi connectivity index (χ0v) is 17.5. The van der Waals surface area contributed by atoms with E-state index < -0.39 is 11.9 Å². The largest absolute Gasteiger partial charge is 0.481 e. The molecule has 1 unspecified atom stereocenters. The highest BCUT2D eigenvalue weighted by atomic mass is 16.4. The van der Waals surface area contributed by atoms with E-state index in [-0.39, 0.29) is 18.4 Å². The van der Waals surface area contributed by atoms with Crippen LogP contribution in [0.5, 0.6) is 0 Å². The predicted octanol–water partition coefficient (Wildman–Crippen LogP) is 2.84. The standard InChI is InChI=1S/C24H29N3O4/c25-12-2-1-9-22(28)27-20-8-4-7-19(14-20)23(29)26-15-21(24(30)31)18-11-10-16-5-3-6-17(16)13-18/h4,7-8,10-11,13-14,21H,1-3,5-6,9,12,15,25H2,(H,26,29)(H,27,28)(H,30,31). The number of carboxylic acids is 1. The molecule has 7 nitrogen and oxygen atoms in total. The first kappa shape index (κ1) is 22.5. The molecule has 0 bridgehead atoms. The van der Waals surface area contributed by atoms with Gasteiger partial charge in [0.1, 0.15) is 0 Å². The molecule has 0 radical (unpaired) electrons. The molecule has 0 aromatic heterocycles. The van der Waals surface area contributed by atoms with Gasteiger partial charge in [0.05, 0.1) is 5.92 Å². The molecule has 1 aliphatic carbocycles. The highest BCUT2D eigenvalue weighted by molar-refractivity contribution is 5.97. The lowest BCUT2D eigenvalue weighted by Crippen LogP contribution is -2.31. The summed E-state index contributed by atoms with van der Waals surface area (Å²) in [4.78, 5) is 36.4. The second-order valence-corrected chi connectivity index (χ2v) is 7.86. The summed E-state index contributed by atoms with van der Waals surface area (Å²) < 4.78 is 0. The van der Waals surface area contributed by atoms with E-state index in [9.17, 15) is 19.5 Å². The minimum Gasteiger partial charge on any atom is -0.481 e. The number of anilines is 1. The first-order valence-electron chi connectivity index (χ1n) is 10.7. The number of nitrogens with two attached hydrogens (primary N) is 1. The van der Waals surface area contributed by atoms with Gasteiger partial charge in [0.15, 0.2) is 0 Å². The van der Waals surface area contributed by atoms with Crippen molar-refractivity contribution >= 4 is 23.5 Å². The van der Waals surface area contributed by atoms with E-state index in [0.29, 0.717) is 36.2 Å². The molecule has 3 rings (SSSR count). The predicted molar refractivity (Wildman–Crippen MR) is 119 cm³/mol. The van der Waals surface area contributed by atoms with Gasteiger partial charge in [-0.15, -0.1) is 0 Å². The van der Waals surface area contributed by atoms with Gasteiger partial charge in [-0.3, -0.25) is 14.4 Å². The molecule has 0 heterocycles. The normalized spacial score (nSPS) is 13.3. The second kappa shape index (κ2) is 10.7. The summed E-state index contributed by atoms with van der Waals surface area (Å²) in [6, 6.07) is 12.4. The molecule has 5 N–H and O–H groups in total. The van der Waals surface area contributed by atoms with Gasteiger partial charge >= 0.3 is 5.97 Å². The van der Waals surface area contributed by atoms with E-state index in [2.05, 4.69) is 10.6 Å². The third-order valence-electron chi connectivity index (χ3n) is 5.56. The summed E-state index contributed by atoms with van der Waals surface area (Å²) in [5, 5.41) is 15.2. The van der Waals surface area contributed by atoms with Gasteiger partial charge in [-0.2, -0.15) is 0 Å². The molecule has 164 valence electrons.